The van der Waals surface area contributed by atoms with E-state index in [1.165, 1.54) is 18.2 Å². The van der Waals surface area contributed by atoms with Crippen LogP contribution in [0.1, 0.15) is 0 Å². The Labute approximate surface area is 91.4 Å². The van der Waals surface area contributed by atoms with E-state index in [1.54, 1.807) is 0 Å². The number of benzene rings is 1. The fraction of sp³-hybridized carbons (Fsp3) is 0. The molecule has 1 aromatic carbocycles. The molecule has 15 heavy (non-hydrogen) atoms. The van der Waals surface area contributed by atoms with Gasteiger partial charge in [0, 0.05) is 11.5 Å². The van der Waals surface area contributed by atoms with Gasteiger partial charge in [-0.2, -0.15) is 0 Å². The van der Waals surface area contributed by atoms with Gasteiger partial charge < -0.3 is 14.3 Å². The highest BCUT2D eigenvalue weighted by Crippen LogP contribution is 2.31. The van der Waals surface area contributed by atoms with Crippen LogP contribution in [0.2, 0.25) is 0 Å². The van der Waals surface area contributed by atoms with Crippen LogP contribution in [0.3, 0.4) is 0 Å². The van der Waals surface area contributed by atoms with E-state index in [0.717, 1.165) is 0 Å². The number of halogens is 2. The molecular weight excluding hydrogens is 271 g/mol. The average Bonchev–Trinajstić information content (AvgIpc) is 2.45. The summed E-state index contributed by atoms with van der Waals surface area (Å²) in [6, 6.07) is 3.74. The van der Waals surface area contributed by atoms with Gasteiger partial charge in [-0.3, -0.25) is 0 Å². The molecule has 6 heteroatoms. The molecule has 0 saturated carbocycles. The first-order valence-electron chi connectivity index (χ1n) is 3.85. The van der Waals surface area contributed by atoms with Crippen molar-refractivity contribution in [3.05, 3.63) is 28.5 Å². The monoisotopic (exact) mass is 274 g/mol. The summed E-state index contributed by atoms with van der Waals surface area (Å²) in [5, 5.41) is 8.78. The highest BCUT2D eigenvalue weighted by atomic mass is 79.9. The van der Waals surface area contributed by atoms with Crippen molar-refractivity contribution in [2.24, 2.45) is 0 Å². The molecule has 78 valence electrons. The van der Waals surface area contributed by atoms with E-state index in [9.17, 15) is 9.18 Å². The maximum atomic E-state index is 12.9. The second-order valence-corrected chi connectivity index (χ2v) is 3.59. The van der Waals surface area contributed by atoms with Crippen molar-refractivity contribution in [3.63, 3.8) is 0 Å². The number of furan rings is 1. The molecule has 0 bridgehead atoms. The molecule has 4 nitrogen and oxygen atoms in total. The number of rotatable bonds is 1. The molecule has 1 N–H and O–H groups in total. The lowest BCUT2D eigenvalue weighted by molar-refractivity contribution is 0.134. The molecule has 0 spiro atoms. The summed E-state index contributed by atoms with van der Waals surface area (Å²) in [4.78, 5) is 10.2. The first-order chi connectivity index (χ1) is 7.06. The van der Waals surface area contributed by atoms with Gasteiger partial charge in [-0.25, -0.2) is 9.18 Å². The summed E-state index contributed by atoms with van der Waals surface area (Å²) >= 11 is 3.09. The van der Waals surface area contributed by atoms with Gasteiger partial charge in [0.25, 0.3) is 5.95 Å². The third-order valence-corrected chi connectivity index (χ3v) is 2.29. The van der Waals surface area contributed by atoms with Crippen LogP contribution in [0, 0.1) is 5.82 Å². The maximum Gasteiger partial charge on any atom is 0.513 e. The number of ether oxygens (including phenoxy) is 1. The van der Waals surface area contributed by atoms with E-state index < -0.39 is 12.0 Å². The molecule has 0 aliphatic carbocycles. The summed E-state index contributed by atoms with van der Waals surface area (Å²) in [5.74, 6) is -0.638. The number of carbonyl (C=O) groups is 1. The number of hydrogen-bond donors (Lipinski definition) is 1. The van der Waals surface area contributed by atoms with Gasteiger partial charge in [0.2, 0.25) is 0 Å². The van der Waals surface area contributed by atoms with Gasteiger partial charge in [0.05, 0.1) is 4.47 Å². The molecule has 0 amide bonds. The second kappa shape index (κ2) is 3.54. The van der Waals surface area contributed by atoms with Crippen LogP contribution in [0.15, 0.2) is 27.1 Å². The molecule has 0 radical (unpaired) electrons. The minimum absolute atomic E-state index is 0.191. The zero-order valence-corrected chi connectivity index (χ0v) is 8.75. The lowest BCUT2D eigenvalue weighted by Crippen LogP contribution is -2.01. The topological polar surface area (TPSA) is 59.7 Å². The van der Waals surface area contributed by atoms with Gasteiger partial charge in [0.15, 0.2) is 5.58 Å². The molecule has 1 aromatic heterocycles. The fourth-order valence-electron chi connectivity index (χ4n) is 1.19. The maximum absolute atomic E-state index is 12.9. The molecule has 0 fully saturated rings. The van der Waals surface area contributed by atoms with Crippen LogP contribution < -0.4 is 4.74 Å². The third-order valence-electron chi connectivity index (χ3n) is 1.70. The number of fused-ring (bicyclic) bond motifs is 1. The predicted molar refractivity (Wildman–Crippen MR) is 52.5 cm³/mol. The quantitative estimate of drug-likeness (QED) is 0.810. The highest BCUT2D eigenvalue weighted by Gasteiger charge is 2.11. The van der Waals surface area contributed by atoms with E-state index in [4.69, 9.17) is 9.52 Å². The Hall–Kier alpha value is -1.56. The van der Waals surface area contributed by atoms with Crippen molar-refractivity contribution < 1.29 is 23.4 Å². The Morgan fingerprint density at radius 3 is 2.87 bits per heavy atom. The van der Waals surface area contributed by atoms with Crippen LogP contribution >= 0.6 is 15.9 Å². The first-order valence-corrected chi connectivity index (χ1v) is 4.65. The zero-order chi connectivity index (χ0) is 11.0. The molecule has 0 unspecified atom stereocenters. The van der Waals surface area contributed by atoms with Gasteiger partial charge in [-0.05, 0) is 28.1 Å². The second-order valence-electron chi connectivity index (χ2n) is 2.74. The lowest BCUT2D eigenvalue weighted by Gasteiger charge is -1.93. The molecule has 0 atom stereocenters. The number of carboxylic acid groups (broad SMARTS) is 1. The van der Waals surface area contributed by atoms with Gasteiger partial charge in [-0.1, -0.05) is 0 Å². The Balaban J connectivity index is 2.55. The van der Waals surface area contributed by atoms with Crippen molar-refractivity contribution >= 4 is 33.1 Å². The standard InChI is InChI=1S/C9H4BrFO4/c10-6-3-5(11)1-4-2-7(14-8(4)6)15-9(12)13/h1-3H,(H,12,13). The minimum atomic E-state index is -1.48. The van der Waals surface area contributed by atoms with Crippen LogP contribution in [0.4, 0.5) is 9.18 Å². The van der Waals surface area contributed by atoms with E-state index in [0.29, 0.717) is 15.4 Å². The van der Waals surface area contributed by atoms with E-state index in [1.807, 2.05) is 0 Å². The van der Waals surface area contributed by atoms with Crippen molar-refractivity contribution in [1.82, 2.24) is 0 Å². The first kappa shape index (κ1) is 9.97. The molecule has 0 saturated heterocycles. The van der Waals surface area contributed by atoms with Crippen LogP contribution in [0.5, 0.6) is 5.95 Å². The summed E-state index contributed by atoms with van der Waals surface area (Å²) in [7, 11) is 0. The summed E-state index contributed by atoms with van der Waals surface area (Å²) in [6.07, 6.45) is -1.48. The summed E-state index contributed by atoms with van der Waals surface area (Å²) < 4.78 is 22.7. The van der Waals surface area contributed by atoms with Crippen molar-refractivity contribution in [3.8, 4) is 5.95 Å². The van der Waals surface area contributed by atoms with Crippen molar-refractivity contribution in [1.29, 1.82) is 0 Å². The molecule has 0 aliphatic heterocycles. The SMILES string of the molecule is O=C(O)Oc1cc2cc(F)cc(Br)c2o1. The average molecular weight is 275 g/mol. The van der Waals surface area contributed by atoms with Crippen molar-refractivity contribution in [2.75, 3.05) is 0 Å². The molecule has 2 aromatic rings. The normalized spacial score (nSPS) is 10.5. The predicted octanol–water partition coefficient (Wildman–Crippen LogP) is 3.39. The van der Waals surface area contributed by atoms with Crippen LogP contribution in [0.25, 0.3) is 11.0 Å². The van der Waals surface area contributed by atoms with E-state index in [-0.39, 0.29) is 5.95 Å². The molecule has 0 aliphatic rings. The lowest BCUT2D eigenvalue weighted by atomic mass is 10.2. The Kier molecular flexibility index (Phi) is 2.36. The van der Waals surface area contributed by atoms with Crippen molar-refractivity contribution in [2.45, 2.75) is 0 Å². The van der Waals surface area contributed by atoms with Gasteiger partial charge >= 0.3 is 6.16 Å². The third kappa shape index (κ3) is 1.94. The molecule has 1 heterocycles. The Morgan fingerprint density at radius 2 is 2.20 bits per heavy atom. The van der Waals surface area contributed by atoms with Gasteiger partial charge in [0.1, 0.15) is 5.82 Å². The fourth-order valence-corrected chi connectivity index (χ4v) is 1.72. The molecule has 2 rings (SSSR count). The summed E-state index contributed by atoms with van der Waals surface area (Å²) in [6.45, 7) is 0. The Morgan fingerprint density at radius 1 is 1.47 bits per heavy atom. The Bertz CT molecular complexity index is 534. The summed E-state index contributed by atoms with van der Waals surface area (Å²) in [5.41, 5.74) is 0.340. The van der Waals surface area contributed by atoms with E-state index >= 15 is 0 Å². The van der Waals surface area contributed by atoms with Gasteiger partial charge in [-0.15, -0.1) is 0 Å². The highest BCUT2D eigenvalue weighted by molar-refractivity contribution is 9.10. The molecular formula is C9H4BrFO4. The smallest absolute Gasteiger partial charge is 0.449 e. The van der Waals surface area contributed by atoms with Crippen LogP contribution in [-0.2, 0) is 0 Å². The number of hydrogen-bond acceptors (Lipinski definition) is 3. The largest absolute Gasteiger partial charge is 0.513 e. The van der Waals surface area contributed by atoms with E-state index in [2.05, 4.69) is 20.7 Å². The zero-order valence-electron chi connectivity index (χ0n) is 7.16. The van der Waals surface area contributed by atoms with Crippen LogP contribution in [-0.4, -0.2) is 11.3 Å². The minimum Gasteiger partial charge on any atom is -0.449 e.